The molecule has 5 nitrogen and oxygen atoms in total. The van der Waals surface area contributed by atoms with Crippen LogP contribution in [0.25, 0.3) is 0 Å². The van der Waals surface area contributed by atoms with Crippen molar-refractivity contribution in [3.8, 4) is 0 Å². The number of hydrogen-bond donors (Lipinski definition) is 2. The molecule has 25 heavy (non-hydrogen) atoms. The molecule has 1 N–H and O–H groups in total. The summed E-state index contributed by atoms with van der Waals surface area (Å²) in [6, 6.07) is 10.9. The lowest BCUT2D eigenvalue weighted by atomic mass is 9.96. The maximum absolute atomic E-state index is 12.6. The predicted molar refractivity (Wildman–Crippen MR) is 98.9 cm³/mol. The van der Waals surface area contributed by atoms with Crippen molar-refractivity contribution in [1.82, 2.24) is 15.2 Å². The SMILES string of the molecule is O=C(NCC1CCN(C(=O)c2ccccc2S)CC1)c1cccnc1. The lowest BCUT2D eigenvalue weighted by Crippen LogP contribution is -2.41. The second kappa shape index (κ2) is 8.16. The van der Waals surface area contributed by atoms with E-state index in [9.17, 15) is 9.59 Å². The van der Waals surface area contributed by atoms with Gasteiger partial charge >= 0.3 is 0 Å². The van der Waals surface area contributed by atoms with Crippen molar-refractivity contribution in [2.75, 3.05) is 19.6 Å². The standard InChI is InChI=1S/C19H21N3O2S/c23-18(15-4-3-9-20-13-15)21-12-14-7-10-22(11-8-14)19(24)16-5-1-2-6-17(16)25/h1-6,9,13-14,25H,7-8,10-12H2,(H,21,23). The second-order valence-corrected chi connectivity index (χ2v) is 6.69. The zero-order valence-electron chi connectivity index (χ0n) is 13.9. The molecule has 1 aromatic carbocycles. The third-order valence-corrected chi connectivity index (χ3v) is 4.90. The molecule has 3 rings (SSSR count). The highest BCUT2D eigenvalue weighted by Gasteiger charge is 2.24. The number of carbonyl (C=O) groups excluding carboxylic acids is 2. The summed E-state index contributed by atoms with van der Waals surface area (Å²) in [5, 5.41) is 2.96. The van der Waals surface area contributed by atoms with Crippen LogP contribution < -0.4 is 5.32 Å². The Morgan fingerprint density at radius 1 is 1.16 bits per heavy atom. The molecule has 0 atom stereocenters. The van der Waals surface area contributed by atoms with Gasteiger partial charge in [0.05, 0.1) is 11.1 Å². The monoisotopic (exact) mass is 355 g/mol. The highest BCUT2D eigenvalue weighted by Crippen LogP contribution is 2.21. The van der Waals surface area contributed by atoms with E-state index >= 15 is 0 Å². The highest BCUT2D eigenvalue weighted by atomic mass is 32.1. The summed E-state index contributed by atoms with van der Waals surface area (Å²) in [5.74, 6) is 0.315. The van der Waals surface area contributed by atoms with Crippen molar-refractivity contribution < 1.29 is 9.59 Å². The summed E-state index contributed by atoms with van der Waals surface area (Å²) in [7, 11) is 0. The van der Waals surface area contributed by atoms with Gasteiger partial charge in [-0.15, -0.1) is 12.6 Å². The lowest BCUT2D eigenvalue weighted by molar-refractivity contribution is 0.0681. The van der Waals surface area contributed by atoms with Crippen LogP contribution in [0.15, 0.2) is 53.7 Å². The Morgan fingerprint density at radius 3 is 2.60 bits per heavy atom. The van der Waals surface area contributed by atoms with E-state index in [-0.39, 0.29) is 11.8 Å². The van der Waals surface area contributed by atoms with Crippen molar-refractivity contribution >= 4 is 24.4 Å². The van der Waals surface area contributed by atoms with E-state index in [4.69, 9.17) is 0 Å². The first-order valence-electron chi connectivity index (χ1n) is 8.40. The van der Waals surface area contributed by atoms with Crippen LogP contribution in [-0.2, 0) is 0 Å². The Labute approximate surface area is 152 Å². The van der Waals surface area contributed by atoms with Gasteiger partial charge in [-0.1, -0.05) is 12.1 Å². The Kier molecular flexibility index (Phi) is 5.71. The Bertz CT molecular complexity index is 743. The van der Waals surface area contributed by atoms with Gasteiger partial charge in [0.2, 0.25) is 0 Å². The number of likely N-dealkylation sites (tertiary alicyclic amines) is 1. The second-order valence-electron chi connectivity index (χ2n) is 6.20. The van der Waals surface area contributed by atoms with Crippen LogP contribution in [0.1, 0.15) is 33.6 Å². The van der Waals surface area contributed by atoms with Gasteiger partial charge in [-0.2, -0.15) is 0 Å². The molecule has 1 aliphatic heterocycles. The van der Waals surface area contributed by atoms with Gasteiger partial charge in [0, 0.05) is 36.9 Å². The normalized spacial score (nSPS) is 15.0. The molecule has 2 heterocycles. The number of nitrogens with one attached hydrogen (secondary N) is 1. The smallest absolute Gasteiger partial charge is 0.254 e. The Hall–Kier alpha value is -2.34. The van der Waals surface area contributed by atoms with E-state index in [1.165, 1.54) is 0 Å². The van der Waals surface area contributed by atoms with Gasteiger partial charge in [0.15, 0.2) is 0 Å². The quantitative estimate of drug-likeness (QED) is 0.829. The van der Waals surface area contributed by atoms with E-state index in [1.807, 2.05) is 29.2 Å². The molecule has 1 saturated heterocycles. The van der Waals surface area contributed by atoms with Crippen molar-refractivity contribution in [3.05, 3.63) is 59.9 Å². The third-order valence-electron chi connectivity index (χ3n) is 4.51. The highest BCUT2D eigenvalue weighted by molar-refractivity contribution is 7.80. The first-order chi connectivity index (χ1) is 12.1. The Balaban J connectivity index is 1.48. The van der Waals surface area contributed by atoms with E-state index in [0.717, 1.165) is 12.8 Å². The number of amides is 2. The topological polar surface area (TPSA) is 62.3 Å². The molecular formula is C19H21N3O2S. The number of aromatic nitrogens is 1. The molecular weight excluding hydrogens is 334 g/mol. The summed E-state index contributed by atoms with van der Waals surface area (Å²) in [6.07, 6.45) is 4.97. The maximum atomic E-state index is 12.6. The molecule has 130 valence electrons. The van der Waals surface area contributed by atoms with Gasteiger partial charge in [-0.05, 0) is 43.0 Å². The zero-order chi connectivity index (χ0) is 17.6. The molecule has 0 saturated carbocycles. The van der Waals surface area contributed by atoms with Gasteiger partial charge < -0.3 is 10.2 Å². The van der Waals surface area contributed by atoms with Crippen molar-refractivity contribution in [1.29, 1.82) is 0 Å². The molecule has 0 bridgehead atoms. The van der Waals surface area contributed by atoms with Crippen LogP contribution in [0.2, 0.25) is 0 Å². The molecule has 1 fully saturated rings. The summed E-state index contributed by atoms with van der Waals surface area (Å²) < 4.78 is 0. The minimum absolute atomic E-state index is 0.0310. The molecule has 1 aliphatic rings. The van der Waals surface area contributed by atoms with Gasteiger partial charge in [-0.3, -0.25) is 14.6 Å². The van der Waals surface area contributed by atoms with Crippen LogP contribution in [0.4, 0.5) is 0 Å². The lowest BCUT2D eigenvalue weighted by Gasteiger charge is -2.32. The van der Waals surface area contributed by atoms with Gasteiger partial charge in [0.1, 0.15) is 0 Å². The molecule has 0 aliphatic carbocycles. The number of hydrogen-bond acceptors (Lipinski definition) is 4. The first kappa shape index (κ1) is 17.5. The number of piperidine rings is 1. The number of nitrogens with zero attached hydrogens (tertiary/aromatic N) is 2. The van der Waals surface area contributed by atoms with Crippen LogP contribution >= 0.6 is 12.6 Å². The van der Waals surface area contributed by atoms with Crippen LogP contribution in [-0.4, -0.2) is 41.3 Å². The molecule has 6 heteroatoms. The Morgan fingerprint density at radius 2 is 1.92 bits per heavy atom. The number of rotatable bonds is 4. The van der Waals surface area contributed by atoms with Crippen molar-refractivity contribution in [3.63, 3.8) is 0 Å². The molecule has 0 radical (unpaired) electrons. The number of benzene rings is 1. The third kappa shape index (κ3) is 4.39. The summed E-state index contributed by atoms with van der Waals surface area (Å²) >= 11 is 4.37. The van der Waals surface area contributed by atoms with Gasteiger partial charge in [0.25, 0.3) is 11.8 Å². The molecule has 0 unspecified atom stereocenters. The average molecular weight is 355 g/mol. The largest absolute Gasteiger partial charge is 0.352 e. The van der Waals surface area contributed by atoms with E-state index in [0.29, 0.717) is 41.6 Å². The van der Waals surface area contributed by atoms with E-state index in [1.54, 1.807) is 24.5 Å². The van der Waals surface area contributed by atoms with Crippen LogP contribution in [0, 0.1) is 5.92 Å². The predicted octanol–water partition coefficient (Wildman–Crippen LogP) is 2.65. The van der Waals surface area contributed by atoms with Crippen molar-refractivity contribution in [2.45, 2.75) is 17.7 Å². The zero-order valence-corrected chi connectivity index (χ0v) is 14.8. The van der Waals surface area contributed by atoms with Crippen LogP contribution in [0.5, 0.6) is 0 Å². The molecule has 1 aromatic heterocycles. The maximum Gasteiger partial charge on any atom is 0.254 e. The van der Waals surface area contributed by atoms with E-state index < -0.39 is 0 Å². The summed E-state index contributed by atoms with van der Waals surface area (Å²) in [4.78, 5) is 31.2. The minimum atomic E-state index is -0.101. The molecule has 2 amide bonds. The fourth-order valence-electron chi connectivity index (χ4n) is 3.00. The van der Waals surface area contributed by atoms with Crippen molar-refractivity contribution in [2.24, 2.45) is 5.92 Å². The molecule has 0 spiro atoms. The van der Waals surface area contributed by atoms with E-state index in [2.05, 4.69) is 22.9 Å². The number of carbonyl (C=O) groups is 2. The summed E-state index contributed by atoms with van der Waals surface area (Å²) in [6.45, 7) is 2.03. The number of pyridine rings is 1. The fraction of sp³-hybridized carbons (Fsp3) is 0.316. The van der Waals surface area contributed by atoms with Gasteiger partial charge in [-0.25, -0.2) is 0 Å². The minimum Gasteiger partial charge on any atom is -0.352 e. The summed E-state index contributed by atoms with van der Waals surface area (Å²) in [5.41, 5.74) is 1.22. The molecule has 2 aromatic rings. The first-order valence-corrected chi connectivity index (χ1v) is 8.85. The average Bonchev–Trinajstić information content (AvgIpc) is 2.67. The number of thiol groups is 1. The van der Waals surface area contributed by atoms with Crippen LogP contribution in [0.3, 0.4) is 0 Å². The fourth-order valence-corrected chi connectivity index (χ4v) is 3.26.